The second kappa shape index (κ2) is 7.67. The minimum atomic E-state index is -0.556. The van der Waals surface area contributed by atoms with E-state index in [2.05, 4.69) is 25.6 Å². The second-order valence-electron chi connectivity index (χ2n) is 4.56. The van der Waals surface area contributed by atoms with Crippen molar-refractivity contribution in [3.05, 3.63) is 16.4 Å². The standard InChI is InChI=1S/C11H19N7O3/c12-16-11-9(18(19)20)10(14-8-15-11)13-2-1-3-17-4-6-21-7-5-17/h8H,1-7,12H2,(H2,13,14,15,16). The summed E-state index contributed by atoms with van der Waals surface area (Å²) in [5.41, 5.74) is 1.96. The topological polar surface area (TPSA) is 131 Å². The van der Waals surface area contributed by atoms with Crippen LogP contribution in [0.25, 0.3) is 0 Å². The lowest BCUT2D eigenvalue weighted by molar-refractivity contribution is -0.383. The van der Waals surface area contributed by atoms with E-state index in [-0.39, 0.29) is 17.3 Å². The molecule has 21 heavy (non-hydrogen) atoms. The first kappa shape index (κ1) is 15.4. The molecule has 2 rings (SSSR count). The van der Waals surface area contributed by atoms with E-state index < -0.39 is 4.92 Å². The number of morpholine rings is 1. The van der Waals surface area contributed by atoms with E-state index in [0.717, 1.165) is 39.3 Å². The molecule has 1 aromatic rings. The average molecular weight is 297 g/mol. The first-order chi connectivity index (χ1) is 10.2. The minimum absolute atomic E-state index is 0.00863. The molecule has 0 amide bonds. The lowest BCUT2D eigenvalue weighted by Crippen LogP contribution is -2.37. The van der Waals surface area contributed by atoms with Gasteiger partial charge in [-0.1, -0.05) is 0 Å². The van der Waals surface area contributed by atoms with Crippen LogP contribution in [0.5, 0.6) is 0 Å². The highest BCUT2D eigenvalue weighted by atomic mass is 16.6. The predicted molar refractivity (Wildman–Crippen MR) is 76.9 cm³/mol. The molecular weight excluding hydrogens is 278 g/mol. The lowest BCUT2D eigenvalue weighted by Gasteiger charge is -2.26. The fourth-order valence-corrected chi connectivity index (χ4v) is 2.12. The van der Waals surface area contributed by atoms with Gasteiger partial charge in [0.25, 0.3) is 0 Å². The highest BCUT2D eigenvalue weighted by Gasteiger charge is 2.22. The van der Waals surface area contributed by atoms with Crippen molar-refractivity contribution < 1.29 is 9.66 Å². The van der Waals surface area contributed by atoms with Gasteiger partial charge in [-0.05, 0) is 13.0 Å². The molecule has 4 N–H and O–H groups in total. The van der Waals surface area contributed by atoms with Crippen LogP contribution in [0.15, 0.2) is 6.33 Å². The average Bonchev–Trinajstić information content (AvgIpc) is 2.52. The Morgan fingerprint density at radius 2 is 2.10 bits per heavy atom. The number of hydrogen-bond donors (Lipinski definition) is 3. The van der Waals surface area contributed by atoms with Crippen molar-refractivity contribution in [1.29, 1.82) is 0 Å². The molecule has 1 saturated heterocycles. The molecule has 0 atom stereocenters. The van der Waals surface area contributed by atoms with Gasteiger partial charge in [0.05, 0.1) is 18.1 Å². The molecule has 10 nitrogen and oxygen atoms in total. The number of nitrogens with one attached hydrogen (secondary N) is 2. The Kier molecular flexibility index (Phi) is 5.60. The second-order valence-corrected chi connectivity index (χ2v) is 4.56. The summed E-state index contributed by atoms with van der Waals surface area (Å²) in [6.07, 6.45) is 2.08. The van der Waals surface area contributed by atoms with E-state index >= 15 is 0 Å². The van der Waals surface area contributed by atoms with Crippen molar-refractivity contribution in [3.8, 4) is 0 Å². The van der Waals surface area contributed by atoms with Gasteiger partial charge in [0.15, 0.2) is 0 Å². The Labute approximate surface area is 121 Å². The molecule has 0 spiro atoms. The summed E-state index contributed by atoms with van der Waals surface area (Å²) in [5.74, 6) is 5.38. The monoisotopic (exact) mass is 297 g/mol. The number of nitrogens with zero attached hydrogens (tertiary/aromatic N) is 4. The number of hydrazine groups is 1. The molecule has 1 aliphatic heterocycles. The maximum atomic E-state index is 11.0. The van der Waals surface area contributed by atoms with E-state index in [9.17, 15) is 10.1 Å². The van der Waals surface area contributed by atoms with Crippen molar-refractivity contribution in [2.75, 3.05) is 50.1 Å². The van der Waals surface area contributed by atoms with E-state index in [4.69, 9.17) is 10.6 Å². The highest BCUT2D eigenvalue weighted by Crippen LogP contribution is 2.27. The van der Waals surface area contributed by atoms with Crippen LogP contribution in [0.2, 0.25) is 0 Å². The summed E-state index contributed by atoms with van der Waals surface area (Å²) in [6.45, 7) is 4.87. The predicted octanol–water partition coefficient (Wildman–Crippen LogP) is -0.195. The molecule has 0 aliphatic carbocycles. The molecule has 0 saturated carbocycles. The van der Waals surface area contributed by atoms with Crippen molar-refractivity contribution in [1.82, 2.24) is 14.9 Å². The number of ether oxygens (including phenoxy) is 1. The molecular formula is C11H19N7O3. The highest BCUT2D eigenvalue weighted by molar-refractivity contribution is 5.68. The van der Waals surface area contributed by atoms with Crippen molar-refractivity contribution in [2.45, 2.75) is 6.42 Å². The smallest absolute Gasteiger partial charge is 0.354 e. The zero-order valence-electron chi connectivity index (χ0n) is 11.6. The van der Waals surface area contributed by atoms with Crippen LogP contribution in [0, 0.1) is 10.1 Å². The lowest BCUT2D eigenvalue weighted by atomic mass is 10.3. The number of nitro groups is 1. The molecule has 1 aliphatic rings. The van der Waals surface area contributed by atoms with Gasteiger partial charge >= 0.3 is 5.69 Å². The van der Waals surface area contributed by atoms with E-state index in [0.29, 0.717) is 6.54 Å². The number of nitrogens with two attached hydrogens (primary N) is 1. The first-order valence-electron chi connectivity index (χ1n) is 6.72. The Bertz CT molecular complexity index is 479. The summed E-state index contributed by atoms with van der Waals surface area (Å²) in [6, 6.07) is 0. The Morgan fingerprint density at radius 3 is 2.76 bits per heavy atom. The minimum Gasteiger partial charge on any atom is -0.379 e. The third kappa shape index (κ3) is 4.21. The van der Waals surface area contributed by atoms with Gasteiger partial charge < -0.3 is 15.5 Å². The Morgan fingerprint density at radius 1 is 1.38 bits per heavy atom. The zero-order valence-corrected chi connectivity index (χ0v) is 11.6. The molecule has 10 heteroatoms. The van der Waals surface area contributed by atoms with Crippen LogP contribution >= 0.6 is 0 Å². The summed E-state index contributed by atoms with van der Waals surface area (Å²) in [5, 5.41) is 14.0. The summed E-state index contributed by atoms with van der Waals surface area (Å²) < 4.78 is 5.27. The Balaban J connectivity index is 1.86. The van der Waals surface area contributed by atoms with E-state index in [1.54, 1.807) is 0 Å². The maximum absolute atomic E-state index is 11.0. The van der Waals surface area contributed by atoms with Gasteiger partial charge in [-0.25, -0.2) is 15.8 Å². The van der Waals surface area contributed by atoms with Crippen LogP contribution in [0.1, 0.15) is 6.42 Å². The van der Waals surface area contributed by atoms with Gasteiger partial charge in [0.1, 0.15) is 6.33 Å². The number of hydrogen-bond acceptors (Lipinski definition) is 9. The molecule has 116 valence electrons. The van der Waals surface area contributed by atoms with Gasteiger partial charge in [-0.2, -0.15) is 0 Å². The van der Waals surface area contributed by atoms with Crippen molar-refractivity contribution in [2.24, 2.45) is 5.84 Å². The molecule has 1 aromatic heterocycles. The Hall–Kier alpha value is -2.04. The SMILES string of the molecule is NNc1ncnc(NCCCN2CCOCC2)c1[N+](=O)[O-]. The summed E-state index contributed by atoms with van der Waals surface area (Å²) in [4.78, 5) is 20.4. The van der Waals surface area contributed by atoms with Gasteiger partial charge in [-0.3, -0.25) is 15.0 Å². The fraction of sp³-hybridized carbons (Fsp3) is 0.636. The molecule has 2 heterocycles. The summed E-state index contributed by atoms with van der Waals surface area (Å²) in [7, 11) is 0. The number of nitrogen functional groups attached to an aromatic ring is 1. The van der Waals surface area contributed by atoms with Crippen LogP contribution in [0.3, 0.4) is 0 Å². The molecule has 1 fully saturated rings. The van der Waals surface area contributed by atoms with Crippen LogP contribution in [0.4, 0.5) is 17.3 Å². The van der Waals surface area contributed by atoms with Crippen molar-refractivity contribution >= 4 is 17.3 Å². The number of anilines is 2. The van der Waals surface area contributed by atoms with E-state index in [1.165, 1.54) is 6.33 Å². The van der Waals surface area contributed by atoms with E-state index in [1.807, 2.05) is 0 Å². The zero-order chi connectivity index (χ0) is 15.1. The number of rotatable bonds is 7. The molecule has 0 radical (unpaired) electrons. The molecule has 0 aromatic carbocycles. The van der Waals surface area contributed by atoms with Crippen LogP contribution < -0.4 is 16.6 Å². The third-order valence-corrected chi connectivity index (χ3v) is 3.19. The van der Waals surface area contributed by atoms with Gasteiger partial charge in [0.2, 0.25) is 11.6 Å². The fourth-order valence-electron chi connectivity index (χ4n) is 2.12. The van der Waals surface area contributed by atoms with Gasteiger partial charge in [0, 0.05) is 19.6 Å². The normalized spacial score (nSPS) is 15.7. The van der Waals surface area contributed by atoms with Crippen LogP contribution in [-0.2, 0) is 4.74 Å². The first-order valence-corrected chi connectivity index (χ1v) is 6.72. The molecule has 0 unspecified atom stereocenters. The summed E-state index contributed by atoms with van der Waals surface area (Å²) >= 11 is 0. The quantitative estimate of drug-likeness (QED) is 0.271. The van der Waals surface area contributed by atoms with Crippen LogP contribution in [-0.4, -0.2) is 59.2 Å². The van der Waals surface area contributed by atoms with Crippen molar-refractivity contribution in [3.63, 3.8) is 0 Å². The van der Waals surface area contributed by atoms with Gasteiger partial charge in [-0.15, -0.1) is 0 Å². The largest absolute Gasteiger partial charge is 0.379 e. The molecule has 0 bridgehead atoms. The number of aromatic nitrogens is 2. The maximum Gasteiger partial charge on any atom is 0.354 e. The third-order valence-electron chi connectivity index (χ3n) is 3.19.